The summed E-state index contributed by atoms with van der Waals surface area (Å²) in [5.74, 6) is -20.8. The van der Waals surface area contributed by atoms with Gasteiger partial charge in [-0.3, -0.25) is 19.2 Å². The highest BCUT2D eigenvalue weighted by Gasteiger charge is 2.58. The van der Waals surface area contributed by atoms with Crippen molar-refractivity contribution in [3.8, 4) is 0 Å². The van der Waals surface area contributed by atoms with E-state index in [1.165, 1.54) is 0 Å². The lowest BCUT2D eigenvalue weighted by Crippen LogP contribution is -2.44. The Kier molecular flexibility index (Phi) is 7.32. The van der Waals surface area contributed by atoms with Crippen molar-refractivity contribution in [1.29, 1.82) is 0 Å². The maximum Gasteiger partial charge on any atom is 0.456 e. The highest BCUT2D eigenvalue weighted by Crippen LogP contribution is 2.29. The number of hydrogen-bond donors (Lipinski definition) is 0. The molecule has 0 amide bonds. The number of carbonyl (C=O) groups excluding carboxylic acids is 4. The molecule has 0 heterocycles. The second-order valence-electron chi connectivity index (χ2n) is 3.91. The highest BCUT2D eigenvalue weighted by molar-refractivity contribution is 6.10. The van der Waals surface area contributed by atoms with Gasteiger partial charge in [0.2, 0.25) is 11.6 Å². The first-order valence-corrected chi connectivity index (χ1v) is 5.21. The van der Waals surface area contributed by atoms with Crippen molar-refractivity contribution in [2.75, 3.05) is 0 Å². The second-order valence-corrected chi connectivity index (χ2v) is 3.91. The number of Topliss-reactive ketones (excluding diaryl/α,β-unsaturated/α-hetero) is 4. The molecule has 0 unspecified atom stereocenters. The van der Waals surface area contributed by atoms with Gasteiger partial charge >= 0.3 is 35.8 Å². The summed E-state index contributed by atoms with van der Waals surface area (Å²) in [5, 5.41) is 0. The Labute approximate surface area is 125 Å². The van der Waals surface area contributed by atoms with E-state index in [1.807, 2.05) is 0 Å². The van der Waals surface area contributed by atoms with Crippen LogP contribution in [0.2, 0.25) is 0 Å². The van der Waals surface area contributed by atoms with Crippen LogP contribution in [0.1, 0.15) is 13.8 Å². The highest BCUT2D eigenvalue weighted by atomic mass is 19.4. The van der Waals surface area contributed by atoms with Crippen LogP contribution in [-0.4, -0.2) is 47.3 Å². The second kappa shape index (κ2) is 7.25. The number of halogens is 10. The lowest BCUT2D eigenvalue weighted by molar-refractivity contribution is -0.196. The Balaban J connectivity index is 0. The summed E-state index contributed by atoms with van der Waals surface area (Å²) in [6.07, 6.45) is -11.4. The molecular formula is C10H6F10O4. The first kappa shape index (κ1) is 24.2. The number of carbonyl (C=O) groups is 4. The first-order chi connectivity index (χ1) is 10.2. The molecule has 0 aliphatic carbocycles. The minimum absolute atomic E-state index is 0.212. The summed E-state index contributed by atoms with van der Waals surface area (Å²) in [7, 11) is 0. The van der Waals surface area contributed by atoms with Gasteiger partial charge in [-0.1, -0.05) is 0 Å². The molecule has 0 aromatic rings. The standard InChI is InChI=1S/2C5H3F5O2/c2*1-2(11)4(6,7)3(12)5(8,9)10/h2*1H3. The molecule has 0 N–H and O–H groups in total. The van der Waals surface area contributed by atoms with Gasteiger partial charge in [-0.05, 0) is 0 Å². The predicted octanol–water partition coefficient (Wildman–Crippen LogP) is 2.68. The predicted molar refractivity (Wildman–Crippen MR) is 53.4 cm³/mol. The van der Waals surface area contributed by atoms with Crippen molar-refractivity contribution in [1.82, 2.24) is 0 Å². The van der Waals surface area contributed by atoms with E-state index in [0.29, 0.717) is 0 Å². The van der Waals surface area contributed by atoms with Gasteiger partial charge < -0.3 is 0 Å². The fourth-order valence-electron chi connectivity index (χ4n) is 0.676. The van der Waals surface area contributed by atoms with Crippen LogP contribution < -0.4 is 0 Å². The normalized spacial score (nSPS) is 12.8. The topological polar surface area (TPSA) is 68.3 Å². The molecule has 14 heteroatoms. The van der Waals surface area contributed by atoms with Crippen LogP contribution in [-0.2, 0) is 19.2 Å². The minimum Gasteiger partial charge on any atom is -0.293 e. The van der Waals surface area contributed by atoms with Gasteiger partial charge in [-0.2, -0.15) is 43.9 Å². The lowest BCUT2D eigenvalue weighted by atomic mass is 10.1. The van der Waals surface area contributed by atoms with E-state index in [4.69, 9.17) is 0 Å². The third-order valence-electron chi connectivity index (χ3n) is 1.97. The Hall–Kier alpha value is -2.02. The average Bonchev–Trinajstić information content (AvgIpc) is 2.34. The van der Waals surface area contributed by atoms with E-state index in [1.54, 1.807) is 0 Å². The van der Waals surface area contributed by atoms with Gasteiger partial charge in [-0.15, -0.1) is 0 Å². The molecule has 0 spiro atoms. The number of rotatable bonds is 4. The molecule has 0 aliphatic rings. The molecule has 0 bridgehead atoms. The summed E-state index contributed by atoms with van der Waals surface area (Å²) in [4.78, 5) is 39.4. The first-order valence-electron chi connectivity index (χ1n) is 5.21. The Morgan fingerprint density at radius 2 is 0.667 bits per heavy atom. The molecule has 0 aromatic carbocycles. The maximum atomic E-state index is 12.0. The van der Waals surface area contributed by atoms with Crippen LogP contribution in [0.3, 0.4) is 0 Å². The van der Waals surface area contributed by atoms with E-state index < -0.39 is 47.3 Å². The van der Waals surface area contributed by atoms with Crippen LogP contribution in [0.4, 0.5) is 43.9 Å². The smallest absolute Gasteiger partial charge is 0.293 e. The fourth-order valence-corrected chi connectivity index (χ4v) is 0.676. The lowest BCUT2D eigenvalue weighted by Gasteiger charge is -2.12. The van der Waals surface area contributed by atoms with Crippen LogP contribution in [0.5, 0.6) is 0 Å². The minimum atomic E-state index is -5.69. The van der Waals surface area contributed by atoms with Crippen LogP contribution in [0.25, 0.3) is 0 Å². The number of alkyl halides is 10. The van der Waals surface area contributed by atoms with Crippen molar-refractivity contribution in [3.63, 3.8) is 0 Å². The van der Waals surface area contributed by atoms with Crippen LogP contribution >= 0.6 is 0 Å². The van der Waals surface area contributed by atoms with Gasteiger partial charge in [0.15, 0.2) is 0 Å². The quantitative estimate of drug-likeness (QED) is 0.556. The number of ketones is 4. The molecule has 0 radical (unpaired) electrons. The van der Waals surface area contributed by atoms with Crippen LogP contribution in [0.15, 0.2) is 0 Å². The fraction of sp³-hybridized carbons (Fsp3) is 0.600. The van der Waals surface area contributed by atoms with E-state index in [-0.39, 0.29) is 13.8 Å². The van der Waals surface area contributed by atoms with Gasteiger partial charge in [0, 0.05) is 13.8 Å². The molecular weight excluding hydrogens is 374 g/mol. The SMILES string of the molecule is CC(=O)C(F)(F)C(=O)C(F)(F)F.CC(=O)C(F)(F)C(=O)C(F)(F)F. The zero-order chi connectivity index (χ0) is 20.3. The molecule has 0 rings (SSSR count). The van der Waals surface area contributed by atoms with Crippen molar-refractivity contribution < 1.29 is 63.1 Å². The summed E-state index contributed by atoms with van der Waals surface area (Å²) in [6.45, 7) is 0.424. The van der Waals surface area contributed by atoms with Gasteiger partial charge in [0.1, 0.15) is 0 Å². The molecule has 4 nitrogen and oxygen atoms in total. The monoisotopic (exact) mass is 380 g/mol. The van der Waals surface area contributed by atoms with Crippen molar-refractivity contribution in [2.45, 2.75) is 38.0 Å². The Bertz CT molecular complexity index is 481. The molecule has 0 atom stereocenters. The molecule has 0 saturated heterocycles. The van der Waals surface area contributed by atoms with E-state index in [2.05, 4.69) is 0 Å². The van der Waals surface area contributed by atoms with Gasteiger partial charge in [-0.25, -0.2) is 0 Å². The van der Waals surface area contributed by atoms with E-state index in [0.717, 1.165) is 0 Å². The molecule has 0 aliphatic heterocycles. The Morgan fingerprint density at radius 1 is 0.500 bits per heavy atom. The van der Waals surface area contributed by atoms with Crippen LogP contribution in [0, 0.1) is 0 Å². The van der Waals surface area contributed by atoms with Crippen molar-refractivity contribution in [2.24, 2.45) is 0 Å². The third-order valence-corrected chi connectivity index (χ3v) is 1.97. The van der Waals surface area contributed by atoms with Crippen molar-refractivity contribution in [3.05, 3.63) is 0 Å². The van der Waals surface area contributed by atoms with E-state index >= 15 is 0 Å². The molecule has 0 aromatic heterocycles. The number of hydrogen-bond acceptors (Lipinski definition) is 4. The molecule has 140 valence electrons. The van der Waals surface area contributed by atoms with Crippen molar-refractivity contribution >= 4 is 23.1 Å². The molecule has 24 heavy (non-hydrogen) atoms. The largest absolute Gasteiger partial charge is 0.456 e. The van der Waals surface area contributed by atoms with Gasteiger partial charge in [0.05, 0.1) is 0 Å². The maximum absolute atomic E-state index is 12.0. The summed E-state index contributed by atoms with van der Waals surface area (Å²) >= 11 is 0. The average molecular weight is 380 g/mol. The third kappa shape index (κ3) is 6.23. The molecule has 0 fully saturated rings. The summed E-state index contributed by atoms with van der Waals surface area (Å²) < 4.78 is 116. The summed E-state index contributed by atoms with van der Waals surface area (Å²) in [6, 6.07) is 0. The van der Waals surface area contributed by atoms with E-state index in [9.17, 15) is 63.1 Å². The summed E-state index contributed by atoms with van der Waals surface area (Å²) in [5.41, 5.74) is 0. The zero-order valence-electron chi connectivity index (χ0n) is 11.4. The molecule has 0 saturated carbocycles. The zero-order valence-corrected chi connectivity index (χ0v) is 11.4. The van der Waals surface area contributed by atoms with Gasteiger partial charge in [0.25, 0.3) is 0 Å². The Morgan fingerprint density at radius 3 is 0.708 bits per heavy atom.